The summed E-state index contributed by atoms with van der Waals surface area (Å²) in [4.78, 5) is 24.8. The average Bonchev–Trinajstić information content (AvgIpc) is 2.72. The number of halogens is 1. The highest BCUT2D eigenvalue weighted by molar-refractivity contribution is 6.30. The summed E-state index contributed by atoms with van der Waals surface area (Å²) in [7, 11) is 3.16. The van der Waals surface area contributed by atoms with Gasteiger partial charge < -0.3 is 19.5 Å². The molecule has 0 spiro atoms. The lowest BCUT2D eigenvalue weighted by molar-refractivity contribution is -0.157. The van der Waals surface area contributed by atoms with E-state index in [0.717, 1.165) is 17.5 Å². The molecule has 0 aromatic heterocycles. The Labute approximate surface area is 181 Å². The molecule has 1 amide bonds. The van der Waals surface area contributed by atoms with Gasteiger partial charge in [-0.15, -0.1) is 0 Å². The molecule has 0 radical (unpaired) electrons. The second kappa shape index (κ2) is 9.85. The van der Waals surface area contributed by atoms with Crippen molar-refractivity contribution in [2.24, 2.45) is 0 Å². The highest BCUT2D eigenvalue weighted by Gasteiger charge is 2.47. The van der Waals surface area contributed by atoms with E-state index in [2.05, 4.69) is 5.32 Å². The molecule has 0 heterocycles. The first-order valence-corrected chi connectivity index (χ1v) is 10.3. The van der Waals surface area contributed by atoms with Crippen molar-refractivity contribution in [3.8, 4) is 11.5 Å². The van der Waals surface area contributed by atoms with Crippen LogP contribution in [-0.2, 0) is 26.2 Å². The predicted octanol–water partition coefficient (Wildman–Crippen LogP) is 3.68. The summed E-state index contributed by atoms with van der Waals surface area (Å²) in [6.45, 7) is 0.133. The van der Waals surface area contributed by atoms with Crippen molar-refractivity contribution in [1.82, 2.24) is 5.32 Å². The van der Waals surface area contributed by atoms with E-state index < -0.39 is 5.41 Å². The normalized spacial score (nSPS) is 14.4. The molecule has 0 saturated heterocycles. The number of nitrogens with one attached hydrogen (secondary N) is 1. The van der Waals surface area contributed by atoms with Crippen LogP contribution in [0.2, 0.25) is 5.02 Å². The summed E-state index contributed by atoms with van der Waals surface area (Å²) in [6, 6.07) is 12.9. The number of esters is 1. The standard InChI is InChI=1S/C23H26ClNO5/c1-28-19-9-4-16(14-20(19)29-2)10-13-25-21(26)15-30-22(27)23(11-3-12-23)17-5-7-18(24)8-6-17/h4-9,14H,3,10-13,15H2,1-2H3,(H,25,26). The molecule has 0 atom stereocenters. The maximum atomic E-state index is 12.7. The smallest absolute Gasteiger partial charge is 0.317 e. The van der Waals surface area contributed by atoms with Gasteiger partial charge in [0.05, 0.1) is 19.6 Å². The highest BCUT2D eigenvalue weighted by atomic mass is 35.5. The largest absolute Gasteiger partial charge is 0.493 e. The van der Waals surface area contributed by atoms with Gasteiger partial charge in [-0.3, -0.25) is 9.59 Å². The number of carbonyl (C=O) groups is 2. The zero-order valence-corrected chi connectivity index (χ0v) is 18.0. The Morgan fingerprint density at radius 3 is 2.33 bits per heavy atom. The summed E-state index contributed by atoms with van der Waals surface area (Å²) < 4.78 is 15.8. The van der Waals surface area contributed by atoms with Crippen LogP contribution in [0.15, 0.2) is 42.5 Å². The average molecular weight is 432 g/mol. The Bertz CT molecular complexity index is 893. The first-order valence-electron chi connectivity index (χ1n) is 9.89. The van der Waals surface area contributed by atoms with E-state index in [1.165, 1.54) is 0 Å². The van der Waals surface area contributed by atoms with E-state index in [9.17, 15) is 9.59 Å². The minimum atomic E-state index is -0.662. The molecule has 0 aliphatic heterocycles. The Balaban J connectivity index is 1.47. The van der Waals surface area contributed by atoms with E-state index in [-0.39, 0.29) is 18.5 Å². The van der Waals surface area contributed by atoms with Crippen molar-refractivity contribution in [3.63, 3.8) is 0 Å². The van der Waals surface area contributed by atoms with E-state index in [4.69, 9.17) is 25.8 Å². The zero-order valence-electron chi connectivity index (χ0n) is 17.2. The lowest BCUT2D eigenvalue weighted by Gasteiger charge is -2.39. The molecule has 0 bridgehead atoms. The van der Waals surface area contributed by atoms with Gasteiger partial charge in [0.15, 0.2) is 18.1 Å². The van der Waals surface area contributed by atoms with Crippen molar-refractivity contribution < 1.29 is 23.8 Å². The summed E-state index contributed by atoms with van der Waals surface area (Å²) in [6.07, 6.45) is 3.01. The number of rotatable bonds is 9. The first-order chi connectivity index (χ1) is 14.5. The van der Waals surface area contributed by atoms with Crippen LogP contribution in [0.1, 0.15) is 30.4 Å². The van der Waals surface area contributed by atoms with Crippen LogP contribution >= 0.6 is 11.6 Å². The summed E-state index contributed by atoms with van der Waals surface area (Å²) in [5, 5.41) is 3.40. The minimum Gasteiger partial charge on any atom is -0.493 e. The molecule has 2 aromatic carbocycles. The van der Waals surface area contributed by atoms with Gasteiger partial charge in [-0.2, -0.15) is 0 Å². The van der Waals surface area contributed by atoms with E-state index in [0.29, 0.717) is 42.3 Å². The maximum absolute atomic E-state index is 12.7. The van der Waals surface area contributed by atoms with Gasteiger partial charge in [0.2, 0.25) is 0 Å². The van der Waals surface area contributed by atoms with Crippen LogP contribution < -0.4 is 14.8 Å². The number of hydrogen-bond donors (Lipinski definition) is 1. The fraction of sp³-hybridized carbons (Fsp3) is 0.391. The minimum absolute atomic E-state index is 0.292. The van der Waals surface area contributed by atoms with Gasteiger partial charge in [-0.05, 0) is 54.7 Å². The van der Waals surface area contributed by atoms with Crippen molar-refractivity contribution in [1.29, 1.82) is 0 Å². The van der Waals surface area contributed by atoms with E-state index in [1.807, 2.05) is 30.3 Å². The van der Waals surface area contributed by atoms with Gasteiger partial charge in [0.25, 0.3) is 5.91 Å². The van der Waals surface area contributed by atoms with Gasteiger partial charge in [-0.1, -0.05) is 36.2 Å². The second-order valence-electron chi connectivity index (χ2n) is 7.31. The SMILES string of the molecule is COc1ccc(CCNC(=O)COC(=O)C2(c3ccc(Cl)cc3)CCC2)cc1OC. The third kappa shape index (κ3) is 4.87. The number of ether oxygens (including phenoxy) is 3. The molecule has 7 heteroatoms. The van der Waals surface area contributed by atoms with Crippen molar-refractivity contribution in [3.05, 3.63) is 58.6 Å². The molecule has 1 fully saturated rings. The lowest BCUT2D eigenvalue weighted by atomic mass is 9.64. The number of methoxy groups -OCH3 is 2. The predicted molar refractivity (Wildman–Crippen MR) is 114 cm³/mol. The van der Waals surface area contributed by atoms with Crippen molar-refractivity contribution in [2.75, 3.05) is 27.4 Å². The molecular weight excluding hydrogens is 406 g/mol. The lowest BCUT2D eigenvalue weighted by Crippen LogP contribution is -2.45. The molecule has 1 aliphatic rings. The Kier molecular flexibility index (Phi) is 7.21. The van der Waals surface area contributed by atoms with E-state index >= 15 is 0 Å². The molecule has 2 aromatic rings. The third-order valence-electron chi connectivity index (χ3n) is 5.51. The molecule has 30 heavy (non-hydrogen) atoms. The highest BCUT2D eigenvalue weighted by Crippen LogP contribution is 2.45. The van der Waals surface area contributed by atoms with Crippen LogP contribution in [0.25, 0.3) is 0 Å². The molecule has 3 rings (SSSR count). The first kappa shape index (κ1) is 22.0. The number of carbonyl (C=O) groups excluding carboxylic acids is 2. The van der Waals surface area contributed by atoms with Crippen LogP contribution in [0.4, 0.5) is 0 Å². The summed E-state index contributed by atoms with van der Waals surface area (Å²) in [5.74, 6) is 0.617. The Hall–Kier alpha value is -2.73. The molecule has 6 nitrogen and oxygen atoms in total. The summed E-state index contributed by atoms with van der Waals surface area (Å²) in [5.41, 5.74) is 1.22. The van der Waals surface area contributed by atoms with Gasteiger partial charge in [-0.25, -0.2) is 0 Å². The molecule has 0 unspecified atom stereocenters. The van der Waals surface area contributed by atoms with Gasteiger partial charge >= 0.3 is 5.97 Å². The number of amides is 1. The van der Waals surface area contributed by atoms with Crippen LogP contribution in [0.3, 0.4) is 0 Å². The fourth-order valence-electron chi connectivity index (χ4n) is 3.61. The third-order valence-corrected chi connectivity index (χ3v) is 5.76. The Morgan fingerprint density at radius 1 is 1.03 bits per heavy atom. The quantitative estimate of drug-likeness (QED) is 0.613. The topological polar surface area (TPSA) is 73.9 Å². The molecule has 1 N–H and O–H groups in total. The van der Waals surface area contributed by atoms with Crippen LogP contribution in [-0.4, -0.2) is 39.2 Å². The van der Waals surface area contributed by atoms with E-state index in [1.54, 1.807) is 26.4 Å². The summed E-state index contributed by atoms with van der Waals surface area (Å²) >= 11 is 5.95. The molecule has 1 aliphatic carbocycles. The molecule has 160 valence electrons. The zero-order chi connectivity index (χ0) is 21.6. The molecular formula is C23H26ClNO5. The second-order valence-corrected chi connectivity index (χ2v) is 7.74. The van der Waals surface area contributed by atoms with Crippen molar-refractivity contribution in [2.45, 2.75) is 31.1 Å². The fourth-order valence-corrected chi connectivity index (χ4v) is 3.74. The van der Waals surface area contributed by atoms with Crippen LogP contribution in [0, 0.1) is 0 Å². The van der Waals surface area contributed by atoms with Gasteiger partial charge in [0, 0.05) is 11.6 Å². The van der Waals surface area contributed by atoms with Crippen molar-refractivity contribution >= 4 is 23.5 Å². The number of hydrogen-bond acceptors (Lipinski definition) is 5. The monoisotopic (exact) mass is 431 g/mol. The molecule has 1 saturated carbocycles. The Morgan fingerprint density at radius 2 is 1.73 bits per heavy atom. The maximum Gasteiger partial charge on any atom is 0.317 e. The number of benzene rings is 2. The van der Waals surface area contributed by atoms with Crippen LogP contribution in [0.5, 0.6) is 11.5 Å². The van der Waals surface area contributed by atoms with Gasteiger partial charge in [0.1, 0.15) is 0 Å².